The molecule has 0 unspecified atom stereocenters. The molecule has 33 heavy (non-hydrogen) atoms. The summed E-state index contributed by atoms with van der Waals surface area (Å²) in [5.41, 5.74) is 3.18. The van der Waals surface area contributed by atoms with Crippen LogP contribution < -0.4 is 20.8 Å². The number of benzene rings is 2. The highest BCUT2D eigenvalue weighted by Gasteiger charge is 2.20. The van der Waals surface area contributed by atoms with E-state index in [0.29, 0.717) is 37.7 Å². The summed E-state index contributed by atoms with van der Waals surface area (Å²) < 4.78 is 32.4. The van der Waals surface area contributed by atoms with Crippen molar-refractivity contribution in [2.24, 2.45) is 0 Å². The Morgan fingerprint density at radius 1 is 1.03 bits per heavy atom. The van der Waals surface area contributed by atoms with Crippen molar-refractivity contribution >= 4 is 61.3 Å². The number of nitrogens with one attached hydrogen (secondary N) is 3. The fraction of sp³-hybridized carbons (Fsp3) is 0.0909. The van der Waals surface area contributed by atoms with Gasteiger partial charge in [-0.15, -0.1) is 11.3 Å². The smallest absolute Gasteiger partial charge is 0.333 e. The molecule has 4 rings (SSSR count). The Labute approximate surface area is 198 Å². The summed E-state index contributed by atoms with van der Waals surface area (Å²) >= 11 is 6.61. The van der Waals surface area contributed by atoms with Crippen LogP contribution in [0.2, 0.25) is 4.34 Å². The van der Waals surface area contributed by atoms with Crippen molar-refractivity contribution in [2.45, 2.75) is 11.1 Å². The molecule has 4 aromatic rings. The lowest BCUT2D eigenvalue weighted by molar-refractivity contribution is 0.256. The highest BCUT2D eigenvalue weighted by molar-refractivity contribution is 7.92. The van der Waals surface area contributed by atoms with Crippen LogP contribution in [0.25, 0.3) is 22.1 Å². The molecule has 2 aromatic heterocycles. The number of fused-ring (bicyclic) bond motifs is 1. The molecule has 2 amide bonds. The second-order valence-electron chi connectivity index (χ2n) is 7.09. The molecule has 0 radical (unpaired) electrons. The summed E-state index contributed by atoms with van der Waals surface area (Å²) in [4.78, 5) is 25.2. The third-order valence-corrected chi connectivity index (χ3v) is 7.93. The predicted molar refractivity (Wildman–Crippen MR) is 131 cm³/mol. The molecule has 0 atom stereocenters. The molecule has 0 aliphatic rings. The molecule has 0 aliphatic heterocycles. The first-order chi connectivity index (χ1) is 15.7. The lowest BCUT2D eigenvalue weighted by atomic mass is 10.00. The van der Waals surface area contributed by atoms with Crippen molar-refractivity contribution in [3.63, 3.8) is 0 Å². The van der Waals surface area contributed by atoms with Gasteiger partial charge in [-0.3, -0.25) is 4.79 Å². The SMILES string of the molecule is CNc1ccc2c(=O)c(-c3ccc(NC(=O)NS(=O)(=O)c4ccc(Cl)s4)cc3C)coc2c1. The van der Waals surface area contributed by atoms with E-state index < -0.39 is 16.1 Å². The maximum absolute atomic E-state index is 13.0. The van der Waals surface area contributed by atoms with Gasteiger partial charge in [-0.2, -0.15) is 0 Å². The van der Waals surface area contributed by atoms with Gasteiger partial charge < -0.3 is 15.1 Å². The largest absolute Gasteiger partial charge is 0.463 e. The van der Waals surface area contributed by atoms with Crippen molar-refractivity contribution in [1.29, 1.82) is 0 Å². The van der Waals surface area contributed by atoms with Crippen LogP contribution in [-0.4, -0.2) is 21.5 Å². The molecule has 3 N–H and O–H groups in total. The van der Waals surface area contributed by atoms with Crippen LogP contribution in [0.1, 0.15) is 5.56 Å². The summed E-state index contributed by atoms with van der Waals surface area (Å²) in [5, 5.41) is 5.93. The van der Waals surface area contributed by atoms with Gasteiger partial charge in [-0.05, 0) is 54.4 Å². The normalized spacial score (nSPS) is 11.4. The first kappa shape index (κ1) is 22.8. The minimum Gasteiger partial charge on any atom is -0.463 e. The number of amides is 2. The number of carbonyl (C=O) groups is 1. The second kappa shape index (κ2) is 8.89. The van der Waals surface area contributed by atoms with Gasteiger partial charge >= 0.3 is 6.03 Å². The number of hydrogen-bond acceptors (Lipinski definition) is 7. The van der Waals surface area contributed by atoms with Crippen molar-refractivity contribution in [1.82, 2.24) is 4.72 Å². The van der Waals surface area contributed by atoms with Gasteiger partial charge in [0.1, 0.15) is 16.1 Å². The minimum atomic E-state index is -4.04. The number of sulfonamides is 1. The van der Waals surface area contributed by atoms with Crippen LogP contribution in [0, 0.1) is 6.92 Å². The van der Waals surface area contributed by atoms with Gasteiger partial charge in [0, 0.05) is 24.5 Å². The van der Waals surface area contributed by atoms with Crippen molar-refractivity contribution in [2.75, 3.05) is 17.7 Å². The monoisotopic (exact) mass is 503 g/mol. The quantitative estimate of drug-likeness (QED) is 0.351. The van der Waals surface area contributed by atoms with Gasteiger partial charge in [0.15, 0.2) is 0 Å². The summed E-state index contributed by atoms with van der Waals surface area (Å²) in [6, 6.07) is 11.9. The maximum Gasteiger partial charge on any atom is 0.333 e. The first-order valence-corrected chi connectivity index (χ1v) is 12.3. The molecule has 0 spiro atoms. The van der Waals surface area contributed by atoms with E-state index in [1.165, 1.54) is 18.4 Å². The minimum absolute atomic E-state index is 0.0703. The molecule has 0 aliphatic carbocycles. The van der Waals surface area contributed by atoms with Crippen LogP contribution >= 0.6 is 22.9 Å². The Balaban J connectivity index is 1.57. The van der Waals surface area contributed by atoms with E-state index in [0.717, 1.165) is 17.0 Å². The van der Waals surface area contributed by atoms with E-state index in [1.54, 1.807) is 50.4 Å². The third kappa shape index (κ3) is 4.72. The van der Waals surface area contributed by atoms with Gasteiger partial charge in [0.2, 0.25) is 5.43 Å². The molecule has 2 aromatic carbocycles. The Hall–Kier alpha value is -3.34. The lowest BCUT2D eigenvalue weighted by Crippen LogP contribution is -2.33. The van der Waals surface area contributed by atoms with Crippen LogP contribution in [0.4, 0.5) is 16.2 Å². The highest BCUT2D eigenvalue weighted by Crippen LogP contribution is 2.27. The number of anilines is 2. The molecule has 0 saturated heterocycles. The van der Waals surface area contributed by atoms with E-state index in [4.69, 9.17) is 16.0 Å². The fourth-order valence-electron chi connectivity index (χ4n) is 3.28. The van der Waals surface area contributed by atoms with Gasteiger partial charge in [-0.25, -0.2) is 17.9 Å². The topological polar surface area (TPSA) is 118 Å². The van der Waals surface area contributed by atoms with Crippen LogP contribution in [0.3, 0.4) is 0 Å². The standard InChI is InChI=1S/C22H18ClN3O5S2/c1-12-9-14(25-22(28)26-33(29,30)20-8-7-19(23)32-20)4-5-15(12)17-11-31-18-10-13(24-2)3-6-16(18)21(17)27/h3-11,24H,1-2H3,(H2,25,26,28). The van der Waals surface area contributed by atoms with Crippen LogP contribution in [0.15, 0.2) is 68.2 Å². The van der Waals surface area contributed by atoms with Crippen molar-refractivity contribution in [3.05, 3.63) is 74.9 Å². The van der Waals surface area contributed by atoms with Gasteiger partial charge in [0.05, 0.1) is 15.3 Å². The molecule has 11 heteroatoms. The second-order valence-corrected chi connectivity index (χ2v) is 10.7. The molecular formula is C22H18ClN3O5S2. The molecule has 0 saturated carbocycles. The van der Waals surface area contributed by atoms with E-state index in [-0.39, 0.29) is 9.64 Å². The van der Waals surface area contributed by atoms with Crippen molar-refractivity contribution in [3.8, 4) is 11.1 Å². The van der Waals surface area contributed by atoms with Crippen LogP contribution in [-0.2, 0) is 10.0 Å². The van der Waals surface area contributed by atoms with Crippen LogP contribution in [0.5, 0.6) is 0 Å². The van der Waals surface area contributed by atoms with E-state index in [1.807, 2.05) is 4.72 Å². The average molecular weight is 504 g/mol. The number of hydrogen-bond donors (Lipinski definition) is 3. The summed E-state index contributed by atoms with van der Waals surface area (Å²) in [7, 11) is -2.26. The number of thiophene rings is 1. The average Bonchev–Trinajstić information content (AvgIpc) is 3.21. The van der Waals surface area contributed by atoms with E-state index in [2.05, 4.69) is 10.6 Å². The van der Waals surface area contributed by atoms with E-state index >= 15 is 0 Å². The summed E-state index contributed by atoms with van der Waals surface area (Å²) in [6.07, 6.45) is 1.41. The van der Waals surface area contributed by atoms with Gasteiger partial charge in [0.25, 0.3) is 10.0 Å². The summed E-state index contributed by atoms with van der Waals surface area (Å²) in [5.74, 6) is 0. The first-order valence-electron chi connectivity index (χ1n) is 9.61. The Morgan fingerprint density at radius 3 is 2.45 bits per heavy atom. The molecule has 2 heterocycles. The number of aryl methyl sites for hydroxylation is 1. The number of urea groups is 1. The molecule has 0 bridgehead atoms. The van der Waals surface area contributed by atoms with E-state index in [9.17, 15) is 18.0 Å². The zero-order valence-electron chi connectivity index (χ0n) is 17.4. The third-order valence-electron chi connectivity index (χ3n) is 4.88. The van der Waals surface area contributed by atoms with Crippen molar-refractivity contribution < 1.29 is 17.6 Å². The molecule has 8 nitrogen and oxygen atoms in total. The molecule has 170 valence electrons. The lowest BCUT2D eigenvalue weighted by Gasteiger charge is -2.11. The summed E-state index contributed by atoms with van der Waals surface area (Å²) in [6.45, 7) is 1.77. The zero-order valence-corrected chi connectivity index (χ0v) is 19.8. The Bertz CT molecular complexity index is 1540. The maximum atomic E-state index is 13.0. The Morgan fingerprint density at radius 2 is 1.79 bits per heavy atom. The fourth-order valence-corrected chi connectivity index (χ4v) is 5.67. The molecular weight excluding hydrogens is 486 g/mol. The highest BCUT2D eigenvalue weighted by atomic mass is 35.5. The molecule has 0 fully saturated rings. The number of halogens is 1. The Kier molecular flexibility index (Phi) is 6.15. The predicted octanol–water partition coefficient (Wildman–Crippen LogP) is 5.04. The number of carbonyl (C=O) groups excluding carboxylic acids is 1. The number of rotatable bonds is 5. The van der Waals surface area contributed by atoms with Gasteiger partial charge in [-0.1, -0.05) is 17.7 Å². The zero-order chi connectivity index (χ0) is 23.8.